The van der Waals surface area contributed by atoms with Gasteiger partial charge in [-0.2, -0.15) is 0 Å². The van der Waals surface area contributed by atoms with Crippen molar-refractivity contribution >= 4 is 34.8 Å². The topological polar surface area (TPSA) is 97.8 Å². The molecule has 1 heterocycles. The van der Waals surface area contributed by atoms with Crippen molar-refractivity contribution in [2.45, 2.75) is 59.3 Å². The van der Waals surface area contributed by atoms with Gasteiger partial charge in [-0.3, -0.25) is 4.79 Å². The quantitative estimate of drug-likeness (QED) is 0.302. The van der Waals surface area contributed by atoms with Crippen molar-refractivity contribution in [3.05, 3.63) is 69.2 Å². The van der Waals surface area contributed by atoms with Gasteiger partial charge in [0, 0.05) is 24.1 Å². The number of carboxylic acid groups (broad SMARTS) is 1. The summed E-state index contributed by atoms with van der Waals surface area (Å²) in [6, 6.07) is 12.9. The lowest BCUT2D eigenvalue weighted by atomic mass is 10.0. The Hall–Kier alpha value is -2.94. The Morgan fingerprint density at radius 2 is 1.94 bits per heavy atom. The second-order valence-electron chi connectivity index (χ2n) is 8.60. The number of carbonyl (C=O) groups is 2. The summed E-state index contributed by atoms with van der Waals surface area (Å²) in [4.78, 5) is 29.7. The van der Waals surface area contributed by atoms with Gasteiger partial charge in [0.25, 0.3) is 5.91 Å². The molecule has 0 aliphatic carbocycles. The molecule has 0 aliphatic heterocycles. The number of hydrogen-bond acceptors (Lipinski definition) is 6. The van der Waals surface area contributed by atoms with Gasteiger partial charge in [-0.15, -0.1) is 11.3 Å². The van der Waals surface area contributed by atoms with E-state index < -0.39 is 12.1 Å². The fourth-order valence-electron chi connectivity index (χ4n) is 3.60. The van der Waals surface area contributed by atoms with Crippen LogP contribution < -0.4 is 10.1 Å². The number of hydrogen-bond donors (Lipinski definition) is 2. The van der Waals surface area contributed by atoms with Gasteiger partial charge in [-0.25, -0.2) is 9.78 Å². The Morgan fingerprint density at radius 1 is 1.19 bits per heavy atom. The summed E-state index contributed by atoms with van der Waals surface area (Å²) in [5, 5.41) is 13.8. The molecule has 2 N–H and O–H groups in total. The van der Waals surface area contributed by atoms with Crippen LogP contribution in [-0.2, 0) is 22.5 Å². The number of carboxylic acids is 1. The van der Waals surface area contributed by atoms with E-state index in [1.165, 1.54) is 11.3 Å². The average Bonchev–Trinajstić information content (AvgIpc) is 3.22. The molecule has 0 spiro atoms. The van der Waals surface area contributed by atoms with Crippen LogP contribution in [0.5, 0.6) is 5.75 Å². The second kappa shape index (κ2) is 12.9. The van der Waals surface area contributed by atoms with Crippen LogP contribution in [0.1, 0.15) is 53.7 Å². The highest BCUT2D eigenvalue weighted by Gasteiger charge is 2.22. The summed E-state index contributed by atoms with van der Waals surface area (Å²) < 4.78 is 11.4. The summed E-state index contributed by atoms with van der Waals surface area (Å²) >= 11 is 7.59. The first-order valence-corrected chi connectivity index (χ1v) is 13.0. The molecule has 0 saturated heterocycles. The molecule has 3 rings (SSSR count). The predicted molar refractivity (Wildman–Crippen MR) is 142 cm³/mol. The number of rotatable bonds is 12. The summed E-state index contributed by atoms with van der Waals surface area (Å²) in [7, 11) is 0. The number of aromatic nitrogens is 1. The third-order valence-electron chi connectivity index (χ3n) is 5.27. The number of nitrogens with zero attached hydrogens (tertiary/aromatic N) is 1. The normalized spacial score (nSPS) is 11.9. The van der Waals surface area contributed by atoms with Crippen LogP contribution >= 0.6 is 22.9 Å². The highest BCUT2D eigenvalue weighted by Crippen LogP contribution is 2.33. The second-order valence-corrected chi connectivity index (χ2v) is 10.0. The van der Waals surface area contributed by atoms with Gasteiger partial charge in [0.15, 0.2) is 6.10 Å². The number of benzene rings is 2. The van der Waals surface area contributed by atoms with Gasteiger partial charge >= 0.3 is 5.97 Å². The molecule has 1 aromatic heterocycles. The van der Waals surface area contributed by atoms with Crippen molar-refractivity contribution < 1.29 is 24.2 Å². The fourth-order valence-corrected chi connectivity index (χ4v) is 4.90. The Morgan fingerprint density at radius 3 is 2.61 bits per heavy atom. The molecule has 192 valence electrons. The number of aliphatic carboxylic acids is 1. The van der Waals surface area contributed by atoms with Crippen LogP contribution in [0, 0.1) is 6.92 Å². The van der Waals surface area contributed by atoms with Crippen molar-refractivity contribution in [1.82, 2.24) is 10.3 Å². The molecule has 0 radical (unpaired) electrons. The largest absolute Gasteiger partial charge is 0.493 e. The van der Waals surface area contributed by atoms with Crippen LogP contribution in [0.3, 0.4) is 0 Å². The molecule has 2 aromatic carbocycles. The lowest BCUT2D eigenvalue weighted by Gasteiger charge is -2.18. The molecule has 1 unspecified atom stereocenters. The molecule has 9 heteroatoms. The van der Waals surface area contributed by atoms with E-state index in [9.17, 15) is 14.7 Å². The Bertz CT molecular complexity index is 1210. The number of aryl methyl sites for hydroxylation is 1. The van der Waals surface area contributed by atoms with E-state index in [1.807, 2.05) is 43.3 Å². The zero-order chi connectivity index (χ0) is 26.2. The monoisotopic (exact) mass is 530 g/mol. The van der Waals surface area contributed by atoms with Crippen molar-refractivity contribution in [1.29, 1.82) is 0 Å². The van der Waals surface area contributed by atoms with E-state index in [2.05, 4.69) is 10.3 Å². The van der Waals surface area contributed by atoms with Crippen molar-refractivity contribution in [2.24, 2.45) is 0 Å². The SMILES string of the molecule is CCCOc1ccc(CC(OC(C)C)C(=O)O)cc1CNC(=O)c1sc(-c2ccccc2Cl)nc1C. The van der Waals surface area contributed by atoms with Crippen LogP contribution in [-0.4, -0.2) is 40.8 Å². The van der Waals surface area contributed by atoms with Crippen LogP contribution in [0.15, 0.2) is 42.5 Å². The smallest absolute Gasteiger partial charge is 0.333 e. The zero-order valence-corrected chi connectivity index (χ0v) is 22.4. The number of nitrogens with one attached hydrogen (secondary N) is 1. The molecule has 36 heavy (non-hydrogen) atoms. The molecule has 7 nitrogen and oxygen atoms in total. The molecular formula is C27H31ClN2O5S. The van der Waals surface area contributed by atoms with Crippen LogP contribution in [0.4, 0.5) is 0 Å². The number of carbonyl (C=O) groups excluding carboxylic acids is 1. The first kappa shape index (κ1) is 27.6. The summed E-state index contributed by atoms with van der Waals surface area (Å²) in [5.41, 5.74) is 2.95. The zero-order valence-electron chi connectivity index (χ0n) is 20.8. The van der Waals surface area contributed by atoms with E-state index in [4.69, 9.17) is 21.1 Å². The number of amides is 1. The van der Waals surface area contributed by atoms with Gasteiger partial charge in [0.05, 0.1) is 23.4 Å². The minimum atomic E-state index is -1.01. The van der Waals surface area contributed by atoms with Crippen molar-refractivity contribution in [2.75, 3.05) is 6.61 Å². The van der Waals surface area contributed by atoms with Crippen molar-refractivity contribution in [3.63, 3.8) is 0 Å². The van der Waals surface area contributed by atoms with Gasteiger partial charge < -0.3 is 19.9 Å². The first-order chi connectivity index (χ1) is 17.2. The summed E-state index contributed by atoms with van der Waals surface area (Å²) in [5.74, 6) is -0.614. The molecule has 1 atom stereocenters. The van der Waals surface area contributed by atoms with Crippen molar-refractivity contribution in [3.8, 4) is 16.3 Å². The Balaban J connectivity index is 1.79. The molecule has 0 bridgehead atoms. The van der Waals surface area contributed by atoms with E-state index in [1.54, 1.807) is 26.8 Å². The van der Waals surface area contributed by atoms with E-state index in [0.717, 1.165) is 23.1 Å². The van der Waals surface area contributed by atoms with Crippen LogP contribution in [0.2, 0.25) is 5.02 Å². The third-order valence-corrected chi connectivity index (χ3v) is 6.79. The van der Waals surface area contributed by atoms with Gasteiger partial charge in [-0.05, 0) is 44.9 Å². The Kier molecular flexibility index (Phi) is 9.87. The van der Waals surface area contributed by atoms with Crippen LogP contribution in [0.25, 0.3) is 10.6 Å². The molecular weight excluding hydrogens is 500 g/mol. The predicted octanol–water partition coefficient (Wildman–Crippen LogP) is 5.91. The van der Waals surface area contributed by atoms with Gasteiger partial charge in [0.1, 0.15) is 15.6 Å². The van der Waals surface area contributed by atoms with E-state index in [-0.39, 0.29) is 25.0 Å². The molecule has 1 amide bonds. The number of halogens is 1. The fraction of sp³-hybridized carbons (Fsp3) is 0.370. The highest BCUT2D eigenvalue weighted by molar-refractivity contribution is 7.17. The molecule has 3 aromatic rings. The lowest BCUT2D eigenvalue weighted by Crippen LogP contribution is -2.29. The van der Waals surface area contributed by atoms with Gasteiger partial charge in [-0.1, -0.05) is 48.9 Å². The highest BCUT2D eigenvalue weighted by atomic mass is 35.5. The summed E-state index contributed by atoms with van der Waals surface area (Å²) in [6.45, 7) is 8.16. The van der Waals surface area contributed by atoms with E-state index >= 15 is 0 Å². The van der Waals surface area contributed by atoms with E-state index in [0.29, 0.717) is 33.0 Å². The minimum absolute atomic E-state index is 0.206. The van der Waals surface area contributed by atoms with Gasteiger partial charge in [0.2, 0.25) is 0 Å². The minimum Gasteiger partial charge on any atom is -0.493 e. The first-order valence-electron chi connectivity index (χ1n) is 11.8. The molecule has 0 saturated carbocycles. The number of ether oxygens (including phenoxy) is 2. The maximum absolute atomic E-state index is 13.1. The summed E-state index contributed by atoms with van der Waals surface area (Å²) in [6.07, 6.45) is -0.132. The average molecular weight is 531 g/mol. The Labute approximate surface area is 220 Å². The number of thiazole rings is 1. The standard InChI is InChI=1S/C27H31ClN2O5S/c1-5-12-34-22-11-10-18(14-23(27(32)33)35-16(2)3)13-19(22)15-29-25(31)24-17(4)30-26(36-24)20-8-6-7-9-21(20)28/h6-11,13,16,23H,5,12,14-15H2,1-4H3,(H,29,31)(H,32,33). The third kappa shape index (κ3) is 7.29. The maximum atomic E-state index is 13.1. The molecule has 0 fully saturated rings. The lowest BCUT2D eigenvalue weighted by molar-refractivity contribution is -0.153. The molecule has 0 aliphatic rings. The maximum Gasteiger partial charge on any atom is 0.333 e.